The predicted molar refractivity (Wildman–Crippen MR) is 87.3 cm³/mol. The van der Waals surface area contributed by atoms with Crippen LogP contribution in [0, 0.1) is 0 Å². The molecule has 0 saturated heterocycles. The van der Waals surface area contributed by atoms with Crippen molar-refractivity contribution in [3.8, 4) is 5.75 Å². The molecule has 2 N–H and O–H groups in total. The van der Waals surface area contributed by atoms with E-state index in [1.54, 1.807) is 6.92 Å². The van der Waals surface area contributed by atoms with E-state index in [4.69, 9.17) is 26.8 Å². The normalized spacial score (nSPS) is 12.5. The molecule has 134 valence electrons. The van der Waals surface area contributed by atoms with Gasteiger partial charge in [0.15, 0.2) is 0 Å². The van der Waals surface area contributed by atoms with E-state index in [-0.39, 0.29) is 23.6 Å². The number of benzene rings is 2. The highest BCUT2D eigenvalue weighted by atomic mass is 35.5. The van der Waals surface area contributed by atoms with Gasteiger partial charge in [-0.3, -0.25) is 0 Å². The molecule has 0 aliphatic carbocycles. The van der Waals surface area contributed by atoms with Gasteiger partial charge < -0.3 is 15.2 Å². The second kappa shape index (κ2) is 7.65. The summed E-state index contributed by atoms with van der Waals surface area (Å²) in [6, 6.07) is 8.49. The first-order valence-corrected chi connectivity index (χ1v) is 7.65. The Morgan fingerprint density at radius 2 is 1.84 bits per heavy atom. The van der Waals surface area contributed by atoms with Gasteiger partial charge in [0.1, 0.15) is 5.75 Å². The van der Waals surface area contributed by atoms with Crippen LogP contribution >= 0.6 is 11.6 Å². The van der Waals surface area contributed by atoms with Crippen molar-refractivity contribution < 1.29 is 27.4 Å². The second-order valence-corrected chi connectivity index (χ2v) is 5.49. The van der Waals surface area contributed by atoms with Gasteiger partial charge in [0.25, 0.3) is 0 Å². The Balaban J connectivity index is 2.34. The molecule has 0 amide bonds. The van der Waals surface area contributed by atoms with Crippen molar-refractivity contribution in [1.29, 1.82) is 0 Å². The van der Waals surface area contributed by atoms with E-state index in [2.05, 4.69) is 0 Å². The maximum absolute atomic E-state index is 12.7. The summed E-state index contributed by atoms with van der Waals surface area (Å²) < 4.78 is 48.6. The molecular formula is C17H15ClF3NO3. The van der Waals surface area contributed by atoms with Crippen LogP contribution in [0.3, 0.4) is 0 Å². The van der Waals surface area contributed by atoms with Crippen molar-refractivity contribution >= 4 is 23.3 Å². The number of anilines is 1. The van der Waals surface area contributed by atoms with Crippen LogP contribution in [0.5, 0.6) is 5.75 Å². The Hall–Kier alpha value is -2.41. The summed E-state index contributed by atoms with van der Waals surface area (Å²) in [7, 11) is 0. The van der Waals surface area contributed by atoms with Gasteiger partial charge >= 0.3 is 12.1 Å². The second-order valence-electron chi connectivity index (χ2n) is 5.05. The van der Waals surface area contributed by atoms with Crippen molar-refractivity contribution in [1.82, 2.24) is 0 Å². The lowest BCUT2D eigenvalue weighted by molar-refractivity contribution is -0.151. The average molecular weight is 374 g/mol. The zero-order valence-corrected chi connectivity index (χ0v) is 13.9. The number of nitrogens with two attached hydrogens (primary N) is 1. The van der Waals surface area contributed by atoms with Crippen LogP contribution in [-0.2, 0) is 15.7 Å². The number of carbonyl (C=O) groups is 1. The number of esters is 1. The number of halogens is 4. The third-order valence-electron chi connectivity index (χ3n) is 3.26. The van der Waals surface area contributed by atoms with Crippen molar-refractivity contribution in [2.75, 3.05) is 12.3 Å². The number of hydrogen-bond acceptors (Lipinski definition) is 4. The summed E-state index contributed by atoms with van der Waals surface area (Å²) in [5.41, 5.74) is 5.36. The monoisotopic (exact) mass is 373 g/mol. The number of nitrogen functional groups attached to an aromatic ring is 1. The Morgan fingerprint density at radius 1 is 1.20 bits per heavy atom. The molecule has 0 bridgehead atoms. The summed E-state index contributed by atoms with van der Waals surface area (Å²) in [4.78, 5) is 12.2. The third-order valence-corrected chi connectivity index (χ3v) is 3.49. The maximum Gasteiger partial charge on any atom is 0.416 e. The van der Waals surface area contributed by atoms with Gasteiger partial charge in [-0.05, 0) is 37.3 Å². The van der Waals surface area contributed by atoms with Crippen LogP contribution in [0.25, 0.3) is 0 Å². The number of rotatable bonds is 5. The van der Waals surface area contributed by atoms with Crippen LogP contribution in [0.4, 0.5) is 18.9 Å². The zero-order valence-electron chi connectivity index (χ0n) is 13.1. The van der Waals surface area contributed by atoms with E-state index in [1.165, 1.54) is 18.2 Å². The third kappa shape index (κ3) is 4.79. The molecule has 2 aromatic carbocycles. The lowest BCUT2D eigenvalue weighted by Gasteiger charge is -2.19. The van der Waals surface area contributed by atoms with Crippen molar-refractivity contribution in [3.63, 3.8) is 0 Å². The van der Waals surface area contributed by atoms with E-state index < -0.39 is 23.8 Å². The first-order chi connectivity index (χ1) is 11.7. The zero-order chi connectivity index (χ0) is 18.6. The molecule has 0 spiro atoms. The highest BCUT2D eigenvalue weighted by Gasteiger charge is 2.31. The van der Waals surface area contributed by atoms with Crippen molar-refractivity contribution in [2.24, 2.45) is 0 Å². The smallest absolute Gasteiger partial charge is 0.416 e. The molecule has 25 heavy (non-hydrogen) atoms. The number of hydrogen-bond donors (Lipinski definition) is 1. The molecule has 0 aliphatic heterocycles. The fourth-order valence-electron chi connectivity index (χ4n) is 2.07. The SMILES string of the molecule is CCOC(=O)C(Oc1ccc(Cl)cc1N)c1ccc(C(F)(F)F)cc1. The largest absolute Gasteiger partial charge is 0.472 e. The van der Waals surface area contributed by atoms with E-state index in [9.17, 15) is 18.0 Å². The van der Waals surface area contributed by atoms with Crippen LogP contribution in [-0.4, -0.2) is 12.6 Å². The predicted octanol–water partition coefficient (Wildman–Crippen LogP) is 4.62. The molecule has 1 atom stereocenters. The minimum absolute atomic E-state index is 0.0927. The molecule has 0 saturated carbocycles. The minimum Gasteiger partial charge on any atom is -0.472 e. The molecule has 2 aromatic rings. The van der Waals surface area contributed by atoms with E-state index in [1.807, 2.05) is 0 Å². The topological polar surface area (TPSA) is 61.5 Å². The van der Waals surface area contributed by atoms with Gasteiger partial charge in [0.05, 0.1) is 17.9 Å². The van der Waals surface area contributed by atoms with Crippen LogP contribution in [0.2, 0.25) is 5.02 Å². The van der Waals surface area contributed by atoms with E-state index >= 15 is 0 Å². The summed E-state index contributed by atoms with van der Waals surface area (Å²) in [5, 5.41) is 0.382. The summed E-state index contributed by atoms with van der Waals surface area (Å²) >= 11 is 5.81. The average Bonchev–Trinajstić information content (AvgIpc) is 2.53. The van der Waals surface area contributed by atoms with Crippen molar-refractivity contribution in [2.45, 2.75) is 19.2 Å². The Kier molecular flexibility index (Phi) is 5.79. The van der Waals surface area contributed by atoms with Gasteiger partial charge in [-0.1, -0.05) is 23.7 Å². The van der Waals surface area contributed by atoms with E-state index in [0.29, 0.717) is 5.02 Å². The van der Waals surface area contributed by atoms with Gasteiger partial charge in [0.2, 0.25) is 6.10 Å². The number of ether oxygens (including phenoxy) is 2. The summed E-state index contributed by atoms with van der Waals surface area (Å²) in [5.74, 6) is -0.570. The molecule has 0 aromatic heterocycles. The molecule has 0 radical (unpaired) electrons. The van der Waals surface area contributed by atoms with Crippen molar-refractivity contribution in [3.05, 3.63) is 58.6 Å². The highest BCUT2D eigenvalue weighted by molar-refractivity contribution is 6.30. The summed E-state index contributed by atoms with van der Waals surface area (Å²) in [6.07, 6.45) is -5.73. The molecule has 8 heteroatoms. The lowest BCUT2D eigenvalue weighted by Crippen LogP contribution is -2.22. The van der Waals surface area contributed by atoms with Gasteiger partial charge in [-0.15, -0.1) is 0 Å². The van der Waals surface area contributed by atoms with E-state index in [0.717, 1.165) is 24.3 Å². The molecule has 2 rings (SSSR count). The molecule has 0 heterocycles. The fraction of sp³-hybridized carbons (Fsp3) is 0.235. The number of alkyl halides is 3. The molecule has 0 aliphatic rings. The maximum atomic E-state index is 12.7. The molecule has 4 nitrogen and oxygen atoms in total. The number of carbonyl (C=O) groups excluding carboxylic acids is 1. The fourth-order valence-corrected chi connectivity index (χ4v) is 2.25. The molecule has 1 unspecified atom stereocenters. The Morgan fingerprint density at radius 3 is 2.36 bits per heavy atom. The van der Waals surface area contributed by atoms with Crippen LogP contribution < -0.4 is 10.5 Å². The summed E-state index contributed by atoms with van der Waals surface area (Å²) in [6.45, 7) is 1.70. The lowest BCUT2D eigenvalue weighted by atomic mass is 10.1. The first-order valence-electron chi connectivity index (χ1n) is 7.28. The molecule has 0 fully saturated rings. The standard InChI is InChI=1S/C17H15ClF3NO3/c1-2-24-16(23)15(25-14-8-7-12(18)9-13(14)22)10-3-5-11(6-4-10)17(19,20)21/h3-9,15H,2,22H2,1H3. The minimum atomic E-state index is -4.47. The Labute approximate surface area is 147 Å². The van der Waals surface area contributed by atoms with Crippen LogP contribution in [0.1, 0.15) is 24.2 Å². The van der Waals surface area contributed by atoms with Gasteiger partial charge in [-0.25, -0.2) is 4.79 Å². The Bertz CT molecular complexity index is 748. The van der Waals surface area contributed by atoms with Gasteiger partial charge in [0, 0.05) is 10.6 Å². The van der Waals surface area contributed by atoms with Crippen LogP contribution in [0.15, 0.2) is 42.5 Å². The molecular weight excluding hydrogens is 359 g/mol. The first kappa shape index (κ1) is 18.9. The van der Waals surface area contributed by atoms with Gasteiger partial charge in [-0.2, -0.15) is 13.2 Å². The quantitative estimate of drug-likeness (QED) is 0.613. The highest BCUT2D eigenvalue weighted by Crippen LogP contribution is 2.33.